The molecule has 4 nitrogen and oxygen atoms in total. The highest BCUT2D eigenvalue weighted by Crippen LogP contribution is 2.20. The number of aromatic amines is 1. The molecule has 0 fully saturated rings. The number of hydrogen-bond donors (Lipinski definition) is 2. The Balaban J connectivity index is 2.35. The number of H-pyrrole nitrogens is 1. The maximum Gasteiger partial charge on any atom is 0.352 e. The molecule has 2 N–H and O–H groups in total. The van der Waals surface area contributed by atoms with Crippen LogP contribution in [0.2, 0.25) is 0 Å². The first-order chi connectivity index (χ1) is 7.59. The SMILES string of the molecule is Cc1ccsc1C(=O)c1c[nH]c(C(=O)O)c1. The number of hydrogen-bond acceptors (Lipinski definition) is 3. The Bertz CT molecular complexity index is 553. The van der Waals surface area contributed by atoms with Crippen LogP contribution in [-0.2, 0) is 0 Å². The quantitative estimate of drug-likeness (QED) is 0.802. The van der Waals surface area contributed by atoms with Gasteiger partial charge in [0, 0.05) is 11.8 Å². The van der Waals surface area contributed by atoms with Gasteiger partial charge in [0.1, 0.15) is 5.69 Å². The summed E-state index contributed by atoms with van der Waals surface area (Å²) in [6.07, 6.45) is 1.42. The lowest BCUT2D eigenvalue weighted by atomic mass is 10.1. The molecule has 0 unspecified atom stereocenters. The highest BCUT2D eigenvalue weighted by molar-refractivity contribution is 7.12. The summed E-state index contributed by atoms with van der Waals surface area (Å²) in [7, 11) is 0. The third kappa shape index (κ3) is 1.77. The highest BCUT2D eigenvalue weighted by atomic mass is 32.1. The molecule has 2 aromatic heterocycles. The summed E-state index contributed by atoms with van der Waals surface area (Å²) >= 11 is 1.36. The van der Waals surface area contributed by atoms with E-state index in [1.54, 1.807) is 0 Å². The number of thiophene rings is 1. The molecule has 2 rings (SSSR count). The first-order valence-electron chi connectivity index (χ1n) is 4.60. The molecular formula is C11H9NO3S. The van der Waals surface area contributed by atoms with Gasteiger partial charge in [0.25, 0.3) is 0 Å². The average molecular weight is 235 g/mol. The Morgan fingerprint density at radius 3 is 2.69 bits per heavy atom. The molecule has 0 bridgehead atoms. The molecule has 0 saturated heterocycles. The zero-order valence-corrected chi connectivity index (χ0v) is 9.30. The van der Waals surface area contributed by atoms with Crippen LogP contribution in [0.25, 0.3) is 0 Å². The molecule has 0 aliphatic rings. The van der Waals surface area contributed by atoms with Crippen molar-refractivity contribution in [1.29, 1.82) is 0 Å². The number of aromatic carboxylic acids is 1. The molecule has 0 radical (unpaired) electrons. The molecule has 0 saturated carbocycles. The molecule has 82 valence electrons. The fourth-order valence-electron chi connectivity index (χ4n) is 1.39. The van der Waals surface area contributed by atoms with E-state index in [0.29, 0.717) is 10.4 Å². The number of ketones is 1. The summed E-state index contributed by atoms with van der Waals surface area (Å²) in [6, 6.07) is 3.21. The van der Waals surface area contributed by atoms with Gasteiger partial charge in [-0.2, -0.15) is 0 Å². The molecular weight excluding hydrogens is 226 g/mol. The third-order valence-electron chi connectivity index (χ3n) is 2.24. The molecule has 0 atom stereocenters. The number of carbonyl (C=O) groups is 2. The minimum Gasteiger partial charge on any atom is -0.477 e. The van der Waals surface area contributed by atoms with Gasteiger partial charge in [-0.05, 0) is 30.0 Å². The van der Waals surface area contributed by atoms with Crippen LogP contribution in [0, 0.1) is 6.92 Å². The Morgan fingerprint density at radius 1 is 1.44 bits per heavy atom. The van der Waals surface area contributed by atoms with E-state index in [1.165, 1.54) is 23.6 Å². The Hall–Kier alpha value is -1.88. The van der Waals surface area contributed by atoms with Crippen molar-refractivity contribution in [3.05, 3.63) is 45.4 Å². The van der Waals surface area contributed by atoms with Gasteiger partial charge in [0.2, 0.25) is 5.78 Å². The molecule has 2 aromatic rings. The third-order valence-corrected chi connectivity index (χ3v) is 3.26. The second-order valence-corrected chi connectivity index (χ2v) is 4.29. The summed E-state index contributed by atoms with van der Waals surface area (Å²) in [4.78, 5) is 25.8. The molecule has 0 aliphatic heterocycles. The van der Waals surface area contributed by atoms with E-state index < -0.39 is 5.97 Å². The standard InChI is InChI=1S/C11H9NO3S/c1-6-2-3-16-10(6)9(13)7-4-8(11(14)15)12-5-7/h2-5,12H,1H3,(H,14,15). The number of aryl methyl sites for hydroxylation is 1. The number of rotatable bonds is 3. The number of nitrogens with one attached hydrogen (secondary N) is 1. The summed E-state index contributed by atoms with van der Waals surface area (Å²) in [6.45, 7) is 1.86. The normalized spacial score (nSPS) is 10.3. The Kier molecular flexibility index (Phi) is 2.62. The van der Waals surface area contributed by atoms with E-state index in [-0.39, 0.29) is 11.5 Å². The molecule has 16 heavy (non-hydrogen) atoms. The first kappa shape index (κ1) is 10.6. The van der Waals surface area contributed by atoms with Crippen LogP contribution in [0.3, 0.4) is 0 Å². The van der Waals surface area contributed by atoms with Gasteiger partial charge in [-0.1, -0.05) is 0 Å². The van der Waals surface area contributed by atoms with E-state index in [1.807, 2.05) is 18.4 Å². The highest BCUT2D eigenvalue weighted by Gasteiger charge is 2.16. The molecule has 0 aliphatic carbocycles. The zero-order valence-electron chi connectivity index (χ0n) is 8.48. The van der Waals surface area contributed by atoms with Crippen molar-refractivity contribution in [2.24, 2.45) is 0 Å². The number of carbonyl (C=O) groups excluding carboxylic acids is 1. The summed E-state index contributed by atoms with van der Waals surface area (Å²) in [5, 5.41) is 10.6. The van der Waals surface area contributed by atoms with Crippen LogP contribution in [0.15, 0.2) is 23.7 Å². The zero-order chi connectivity index (χ0) is 11.7. The fraction of sp³-hybridized carbons (Fsp3) is 0.0909. The van der Waals surface area contributed by atoms with Crippen molar-refractivity contribution in [2.45, 2.75) is 6.92 Å². The summed E-state index contributed by atoms with van der Waals surface area (Å²) in [5.41, 5.74) is 1.31. The van der Waals surface area contributed by atoms with Gasteiger partial charge in [-0.25, -0.2) is 4.79 Å². The topological polar surface area (TPSA) is 70.2 Å². The van der Waals surface area contributed by atoms with E-state index in [4.69, 9.17) is 5.11 Å². The monoisotopic (exact) mass is 235 g/mol. The Morgan fingerprint density at radius 2 is 2.19 bits per heavy atom. The first-order valence-corrected chi connectivity index (χ1v) is 5.48. The summed E-state index contributed by atoms with van der Waals surface area (Å²) < 4.78 is 0. The smallest absolute Gasteiger partial charge is 0.352 e. The lowest BCUT2D eigenvalue weighted by Gasteiger charge is -1.94. The van der Waals surface area contributed by atoms with Crippen LogP contribution in [-0.4, -0.2) is 21.8 Å². The largest absolute Gasteiger partial charge is 0.477 e. The molecule has 5 heteroatoms. The van der Waals surface area contributed by atoms with Gasteiger partial charge in [0.15, 0.2) is 0 Å². The van der Waals surface area contributed by atoms with Gasteiger partial charge < -0.3 is 10.1 Å². The second kappa shape index (κ2) is 3.94. The predicted octanol–water partition coefficient (Wildman–Crippen LogP) is 2.31. The predicted molar refractivity (Wildman–Crippen MR) is 60.2 cm³/mol. The maximum absolute atomic E-state index is 12.0. The minimum absolute atomic E-state index is 0.0255. The van der Waals surface area contributed by atoms with Gasteiger partial charge in [0.05, 0.1) is 4.88 Å². The summed E-state index contributed by atoms with van der Waals surface area (Å²) in [5.74, 6) is -1.21. The van der Waals surface area contributed by atoms with Gasteiger partial charge in [-0.3, -0.25) is 4.79 Å². The van der Waals surface area contributed by atoms with Crippen molar-refractivity contribution in [2.75, 3.05) is 0 Å². The van der Waals surface area contributed by atoms with Crippen LogP contribution in [0.1, 0.15) is 31.3 Å². The van der Waals surface area contributed by atoms with Crippen molar-refractivity contribution < 1.29 is 14.7 Å². The van der Waals surface area contributed by atoms with Gasteiger partial charge >= 0.3 is 5.97 Å². The fourth-order valence-corrected chi connectivity index (χ4v) is 2.27. The van der Waals surface area contributed by atoms with E-state index >= 15 is 0 Å². The van der Waals surface area contributed by atoms with Crippen molar-refractivity contribution in [3.63, 3.8) is 0 Å². The van der Waals surface area contributed by atoms with E-state index in [2.05, 4.69) is 4.98 Å². The van der Waals surface area contributed by atoms with Crippen LogP contribution < -0.4 is 0 Å². The van der Waals surface area contributed by atoms with Crippen molar-refractivity contribution in [3.8, 4) is 0 Å². The van der Waals surface area contributed by atoms with Crippen molar-refractivity contribution in [1.82, 2.24) is 4.98 Å². The van der Waals surface area contributed by atoms with E-state index in [9.17, 15) is 9.59 Å². The van der Waals surface area contributed by atoms with Crippen LogP contribution in [0.4, 0.5) is 0 Å². The van der Waals surface area contributed by atoms with E-state index in [0.717, 1.165) is 5.56 Å². The number of carboxylic acid groups (broad SMARTS) is 1. The Labute approximate surface area is 95.6 Å². The molecule has 0 aromatic carbocycles. The van der Waals surface area contributed by atoms with Crippen molar-refractivity contribution >= 4 is 23.1 Å². The molecule has 2 heterocycles. The molecule has 0 amide bonds. The minimum atomic E-state index is -1.07. The number of aromatic nitrogens is 1. The second-order valence-electron chi connectivity index (χ2n) is 3.37. The lowest BCUT2D eigenvalue weighted by molar-refractivity contribution is 0.0691. The molecule has 0 spiro atoms. The van der Waals surface area contributed by atoms with Crippen LogP contribution >= 0.6 is 11.3 Å². The van der Waals surface area contributed by atoms with Crippen LogP contribution in [0.5, 0.6) is 0 Å². The average Bonchev–Trinajstić information content (AvgIpc) is 2.84. The number of carboxylic acids is 1. The van der Waals surface area contributed by atoms with Gasteiger partial charge in [-0.15, -0.1) is 11.3 Å². The maximum atomic E-state index is 12.0. The lowest BCUT2D eigenvalue weighted by Crippen LogP contribution is -1.99.